The Hall–Kier alpha value is -3.37. The number of pyridine rings is 1. The molecule has 0 spiro atoms. The Morgan fingerprint density at radius 2 is 1.52 bits per heavy atom. The van der Waals surface area contributed by atoms with Crippen LogP contribution in [0.15, 0.2) is 83.7 Å². The standard InChI is InChI=1S/C22H15ClN2O2/c23-17-12-6-4-10-15(17)21(26)25-20-19(14-8-2-1-3-9-14)16-11-5-7-13-18(16)24-22(20)27/h1-13H,(H,24,27)(H,25,26). The van der Waals surface area contributed by atoms with E-state index in [1.165, 1.54) is 0 Å². The predicted octanol–water partition coefficient (Wildman–Crippen LogP) is 5.10. The molecule has 1 amide bonds. The summed E-state index contributed by atoms with van der Waals surface area (Å²) in [5.74, 6) is -0.432. The van der Waals surface area contributed by atoms with Crippen LogP contribution in [0.5, 0.6) is 0 Å². The zero-order valence-corrected chi connectivity index (χ0v) is 15.0. The second-order valence-corrected chi connectivity index (χ2v) is 6.46. The van der Waals surface area contributed by atoms with Gasteiger partial charge in [-0.05, 0) is 23.8 Å². The van der Waals surface area contributed by atoms with Gasteiger partial charge in [0, 0.05) is 16.5 Å². The monoisotopic (exact) mass is 374 g/mol. The second kappa shape index (κ2) is 7.09. The van der Waals surface area contributed by atoms with Crippen LogP contribution in [0.4, 0.5) is 5.69 Å². The van der Waals surface area contributed by atoms with Crippen molar-refractivity contribution in [3.63, 3.8) is 0 Å². The SMILES string of the molecule is O=C(Nc1c(-c2ccccc2)c2ccccc2[nH]c1=O)c1ccccc1Cl. The summed E-state index contributed by atoms with van der Waals surface area (Å²) < 4.78 is 0. The molecule has 0 saturated heterocycles. The van der Waals surface area contributed by atoms with E-state index in [4.69, 9.17) is 11.6 Å². The molecule has 4 rings (SSSR count). The van der Waals surface area contributed by atoms with Crippen LogP contribution in [0.25, 0.3) is 22.0 Å². The molecule has 4 nitrogen and oxygen atoms in total. The number of carbonyl (C=O) groups is 1. The van der Waals surface area contributed by atoms with Crippen LogP contribution in [0.3, 0.4) is 0 Å². The van der Waals surface area contributed by atoms with E-state index in [0.717, 1.165) is 10.9 Å². The van der Waals surface area contributed by atoms with Gasteiger partial charge in [0.25, 0.3) is 11.5 Å². The lowest BCUT2D eigenvalue weighted by atomic mass is 9.99. The highest BCUT2D eigenvalue weighted by atomic mass is 35.5. The van der Waals surface area contributed by atoms with Crippen molar-refractivity contribution in [1.29, 1.82) is 0 Å². The summed E-state index contributed by atoms with van der Waals surface area (Å²) in [6.45, 7) is 0. The van der Waals surface area contributed by atoms with Gasteiger partial charge in [-0.25, -0.2) is 0 Å². The number of rotatable bonds is 3. The Morgan fingerprint density at radius 3 is 2.30 bits per heavy atom. The summed E-state index contributed by atoms with van der Waals surface area (Å²) in [7, 11) is 0. The zero-order chi connectivity index (χ0) is 18.8. The number of aromatic nitrogens is 1. The minimum Gasteiger partial charge on any atom is -0.320 e. The number of carbonyl (C=O) groups excluding carboxylic acids is 1. The molecule has 27 heavy (non-hydrogen) atoms. The van der Waals surface area contributed by atoms with Crippen LogP contribution in [0.2, 0.25) is 5.02 Å². The van der Waals surface area contributed by atoms with E-state index in [-0.39, 0.29) is 11.2 Å². The second-order valence-electron chi connectivity index (χ2n) is 6.05. The summed E-state index contributed by atoms with van der Waals surface area (Å²) >= 11 is 6.13. The summed E-state index contributed by atoms with van der Waals surface area (Å²) in [5, 5.41) is 3.93. The molecule has 0 saturated carbocycles. The fourth-order valence-electron chi connectivity index (χ4n) is 3.09. The lowest BCUT2D eigenvalue weighted by Gasteiger charge is -2.14. The normalized spacial score (nSPS) is 10.7. The third-order valence-electron chi connectivity index (χ3n) is 4.34. The topological polar surface area (TPSA) is 62.0 Å². The number of fused-ring (bicyclic) bond motifs is 1. The first-order valence-corrected chi connectivity index (χ1v) is 8.79. The highest BCUT2D eigenvalue weighted by Gasteiger charge is 2.18. The van der Waals surface area contributed by atoms with Gasteiger partial charge >= 0.3 is 0 Å². The Morgan fingerprint density at radius 1 is 0.852 bits per heavy atom. The number of H-pyrrole nitrogens is 1. The van der Waals surface area contributed by atoms with E-state index >= 15 is 0 Å². The lowest BCUT2D eigenvalue weighted by molar-refractivity contribution is 0.102. The molecule has 3 aromatic carbocycles. The molecule has 5 heteroatoms. The molecule has 0 radical (unpaired) electrons. The quantitative estimate of drug-likeness (QED) is 0.524. The maximum absolute atomic E-state index is 12.8. The predicted molar refractivity (Wildman–Crippen MR) is 109 cm³/mol. The van der Waals surface area contributed by atoms with Gasteiger partial charge in [0.05, 0.1) is 10.6 Å². The van der Waals surface area contributed by atoms with Crippen molar-refractivity contribution in [2.75, 3.05) is 5.32 Å². The number of benzene rings is 3. The van der Waals surface area contributed by atoms with E-state index in [2.05, 4.69) is 10.3 Å². The van der Waals surface area contributed by atoms with Crippen LogP contribution >= 0.6 is 11.6 Å². The van der Waals surface area contributed by atoms with E-state index in [1.54, 1.807) is 24.3 Å². The minimum atomic E-state index is -0.432. The summed E-state index contributed by atoms with van der Waals surface area (Å²) in [6, 6.07) is 23.7. The maximum Gasteiger partial charge on any atom is 0.272 e. The molecule has 0 aliphatic heterocycles. The molecule has 0 atom stereocenters. The van der Waals surface area contributed by atoms with Gasteiger partial charge in [-0.1, -0.05) is 72.3 Å². The molecular weight excluding hydrogens is 360 g/mol. The molecule has 0 aliphatic carbocycles. The first-order chi connectivity index (χ1) is 13.1. The first-order valence-electron chi connectivity index (χ1n) is 8.41. The fourth-order valence-corrected chi connectivity index (χ4v) is 3.31. The van der Waals surface area contributed by atoms with Crippen molar-refractivity contribution in [2.24, 2.45) is 0 Å². The largest absolute Gasteiger partial charge is 0.320 e. The van der Waals surface area contributed by atoms with Crippen molar-refractivity contribution < 1.29 is 4.79 Å². The highest BCUT2D eigenvalue weighted by Crippen LogP contribution is 2.32. The van der Waals surface area contributed by atoms with Crippen LogP contribution < -0.4 is 10.9 Å². The molecule has 132 valence electrons. The number of amides is 1. The van der Waals surface area contributed by atoms with Crippen molar-refractivity contribution in [1.82, 2.24) is 4.98 Å². The van der Waals surface area contributed by atoms with E-state index in [0.29, 0.717) is 21.7 Å². The van der Waals surface area contributed by atoms with Crippen molar-refractivity contribution >= 4 is 34.1 Å². The fraction of sp³-hybridized carbons (Fsp3) is 0. The van der Waals surface area contributed by atoms with Crippen LogP contribution in [-0.4, -0.2) is 10.9 Å². The average molecular weight is 375 g/mol. The zero-order valence-electron chi connectivity index (χ0n) is 14.2. The number of para-hydroxylation sites is 1. The summed E-state index contributed by atoms with van der Waals surface area (Å²) in [4.78, 5) is 28.4. The van der Waals surface area contributed by atoms with Crippen molar-refractivity contribution in [3.8, 4) is 11.1 Å². The molecule has 0 fully saturated rings. The van der Waals surface area contributed by atoms with Crippen LogP contribution in [-0.2, 0) is 0 Å². The lowest BCUT2D eigenvalue weighted by Crippen LogP contribution is -2.21. The molecule has 1 aromatic heterocycles. The first kappa shape index (κ1) is 17.1. The molecule has 2 N–H and O–H groups in total. The van der Waals surface area contributed by atoms with Gasteiger partial charge in [-0.2, -0.15) is 0 Å². The third kappa shape index (κ3) is 3.23. The summed E-state index contributed by atoms with van der Waals surface area (Å²) in [6.07, 6.45) is 0. The Balaban J connectivity index is 1.93. The Kier molecular flexibility index (Phi) is 4.48. The minimum absolute atomic E-state index is 0.199. The van der Waals surface area contributed by atoms with Crippen LogP contribution in [0.1, 0.15) is 10.4 Å². The summed E-state index contributed by atoms with van der Waals surface area (Å²) in [5.41, 5.74) is 2.37. The number of anilines is 1. The van der Waals surface area contributed by atoms with Gasteiger partial charge in [0.15, 0.2) is 0 Å². The van der Waals surface area contributed by atoms with E-state index in [9.17, 15) is 9.59 Å². The van der Waals surface area contributed by atoms with Gasteiger partial charge in [0.2, 0.25) is 0 Å². The molecule has 0 aliphatic rings. The van der Waals surface area contributed by atoms with Crippen molar-refractivity contribution in [2.45, 2.75) is 0 Å². The van der Waals surface area contributed by atoms with Gasteiger partial charge in [-0.3, -0.25) is 9.59 Å². The van der Waals surface area contributed by atoms with E-state index in [1.807, 2.05) is 54.6 Å². The number of halogens is 1. The smallest absolute Gasteiger partial charge is 0.272 e. The van der Waals surface area contributed by atoms with Gasteiger partial charge in [-0.15, -0.1) is 0 Å². The Labute approximate surface area is 160 Å². The molecule has 0 bridgehead atoms. The highest BCUT2D eigenvalue weighted by molar-refractivity contribution is 6.34. The van der Waals surface area contributed by atoms with Gasteiger partial charge < -0.3 is 10.3 Å². The molecule has 4 aromatic rings. The van der Waals surface area contributed by atoms with Crippen LogP contribution in [0, 0.1) is 0 Å². The Bertz CT molecular complexity index is 1200. The van der Waals surface area contributed by atoms with Crippen molar-refractivity contribution in [3.05, 3.63) is 99.8 Å². The number of hydrogen-bond acceptors (Lipinski definition) is 2. The van der Waals surface area contributed by atoms with Gasteiger partial charge in [0.1, 0.15) is 5.69 Å². The average Bonchev–Trinajstić information content (AvgIpc) is 2.69. The maximum atomic E-state index is 12.8. The van der Waals surface area contributed by atoms with E-state index < -0.39 is 5.91 Å². The number of aromatic amines is 1. The molecule has 0 unspecified atom stereocenters. The third-order valence-corrected chi connectivity index (χ3v) is 4.67. The number of nitrogens with one attached hydrogen (secondary N) is 2. The molecule has 1 heterocycles. The number of hydrogen-bond donors (Lipinski definition) is 2. The molecular formula is C22H15ClN2O2.